The molecule has 0 spiro atoms. The van der Waals surface area contributed by atoms with E-state index in [-0.39, 0.29) is 17.2 Å². The molecule has 0 aliphatic carbocycles. The third-order valence-corrected chi connectivity index (χ3v) is 5.85. The summed E-state index contributed by atoms with van der Waals surface area (Å²) in [4.78, 5) is 6.14. The van der Waals surface area contributed by atoms with Crippen LogP contribution in [0.5, 0.6) is 0 Å². The number of hydrogen-bond acceptors (Lipinski definition) is 6. The molecule has 3 aromatic rings. The number of likely N-dealkylation sites (N-methyl/N-ethyl adjacent to an activating group) is 1. The highest BCUT2D eigenvalue weighted by Crippen LogP contribution is 2.22. The van der Waals surface area contributed by atoms with Gasteiger partial charge in [0.1, 0.15) is 17.3 Å². The van der Waals surface area contributed by atoms with Crippen molar-refractivity contribution in [3.63, 3.8) is 0 Å². The molecule has 166 valence electrons. The van der Waals surface area contributed by atoms with Gasteiger partial charge in [-0.1, -0.05) is 23.8 Å². The van der Waals surface area contributed by atoms with E-state index in [0.717, 1.165) is 22.8 Å². The lowest BCUT2D eigenvalue weighted by molar-refractivity contribution is 0.214. The monoisotopic (exact) mass is 447 g/mol. The lowest BCUT2D eigenvalue weighted by atomic mass is 10.0. The maximum Gasteiger partial charge on any atom is 0.238 e. The van der Waals surface area contributed by atoms with E-state index in [1.807, 2.05) is 44.0 Å². The minimum Gasteiger partial charge on any atom is -0.395 e. The zero-order chi connectivity index (χ0) is 22.8. The molecule has 8 nitrogen and oxygen atoms in total. The van der Waals surface area contributed by atoms with E-state index in [9.17, 15) is 12.8 Å². The number of sulfonamides is 1. The minimum atomic E-state index is -4.03. The Balaban J connectivity index is 2.07. The first-order valence-electron chi connectivity index (χ1n) is 9.71. The number of aliphatic hydroxyl groups excluding tert-OH is 1. The smallest absolute Gasteiger partial charge is 0.238 e. The molecular weight excluding hydrogens is 421 g/mol. The quantitative estimate of drug-likeness (QED) is 0.543. The third-order valence-electron chi connectivity index (χ3n) is 4.94. The van der Waals surface area contributed by atoms with Gasteiger partial charge in [0.15, 0.2) is 5.82 Å². The van der Waals surface area contributed by atoms with Gasteiger partial charge in [-0.2, -0.15) is 0 Å². The van der Waals surface area contributed by atoms with Gasteiger partial charge in [0.25, 0.3) is 0 Å². The number of aromatic nitrogens is 3. The Morgan fingerprint density at radius 1 is 1.19 bits per heavy atom. The molecular formula is C21H26FN5O3S. The lowest BCUT2D eigenvalue weighted by Crippen LogP contribution is -2.22. The van der Waals surface area contributed by atoms with Gasteiger partial charge in [-0.3, -0.25) is 4.90 Å². The Kier molecular flexibility index (Phi) is 6.85. The predicted molar refractivity (Wildman–Crippen MR) is 115 cm³/mol. The molecule has 2 aromatic carbocycles. The van der Waals surface area contributed by atoms with E-state index in [1.54, 1.807) is 0 Å². The van der Waals surface area contributed by atoms with Crippen molar-refractivity contribution in [2.45, 2.75) is 31.7 Å². The Hall–Kier alpha value is -2.66. The standard InChI is InChI=1S/C21H26FN5O3S/c1-14-4-5-15(2)16(10-14)11-21-24-20(13-26(3)8-9-28)25-27(21)19-7-6-17(12-18(19)22)31(23,29)30/h4-7,10,12,28H,8-9,11,13H2,1-3H3,(H2,23,29,30). The maximum absolute atomic E-state index is 14.9. The Bertz CT molecular complexity index is 1190. The molecule has 0 saturated carbocycles. The number of nitrogens with two attached hydrogens (primary N) is 1. The zero-order valence-corrected chi connectivity index (χ0v) is 18.5. The number of halogens is 1. The number of benzene rings is 2. The van der Waals surface area contributed by atoms with Crippen molar-refractivity contribution >= 4 is 10.0 Å². The number of rotatable bonds is 8. The van der Waals surface area contributed by atoms with Crippen LogP contribution in [0, 0.1) is 19.7 Å². The summed E-state index contributed by atoms with van der Waals surface area (Å²) < 4.78 is 39.4. The number of hydrogen-bond donors (Lipinski definition) is 2. The number of primary sulfonamides is 1. The summed E-state index contributed by atoms with van der Waals surface area (Å²) in [5.74, 6) is 0.212. The van der Waals surface area contributed by atoms with Crippen LogP contribution in [0.1, 0.15) is 28.3 Å². The van der Waals surface area contributed by atoms with E-state index in [2.05, 4.69) is 10.1 Å². The second-order valence-electron chi connectivity index (χ2n) is 7.58. The largest absolute Gasteiger partial charge is 0.395 e. The van der Waals surface area contributed by atoms with E-state index in [1.165, 1.54) is 16.8 Å². The molecule has 10 heteroatoms. The highest BCUT2D eigenvalue weighted by Gasteiger charge is 2.19. The lowest BCUT2D eigenvalue weighted by Gasteiger charge is -2.11. The molecule has 0 radical (unpaired) electrons. The molecule has 0 saturated heterocycles. The first kappa shape index (κ1) is 23.0. The van der Waals surface area contributed by atoms with E-state index >= 15 is 0 Å². The zero-order valence-electron chi connectivity index (χ0n) is 17.7. The van der Waals surface area contributed by atoms with Crippen molar-refractivity contribution in [3.05, 3.63) is 70.6 Å². The first-order valence-corrected chi connectivity index (χ1v) is 11.3. The molecule has 3 N–H and O–H groups in total. The van der Waals surface area contributed by atoms with Crippen molar-refractivity contribution in [1.29, 1.82) is 0 Å². The first-order chi connectivity index (χ1) is 14.6. The minimum absolute atomic E-state index is 0.00376. The molecule has 0 amide bonds. The third kappa shape index (κ3) is 5.53. The van der Waals surface area contributed by atoms with Crippen LogP contribution in [-0.4, -0.2) is 53.4 Å². The molecule has 3 rings (SSSR count). The Morgan fingerprint density at radius 2 is 1.94 bits per heavy atom. The van der Waals surface area contributed by atoms with Gasteiger partial charge in [-0.25, -0.2) is 27.6 Å². The fourth-order valence-corrected chi connectivity index (χ4v) is 3.78. The van der Waals surface area contributed by atoms with Crippen molar-refractivity contribution in [3.8, 4) is 5.69 Å². The normalized spacial score (nSPS) is 12.0. The molecule has 31 heavy (non-hydrogen) atoms. The number of aliphatic hydroxyl groups is 1. The fourth-order valence-electron chi connectivity index (χ4n) is 3.25. The summed E-state index contributed by atoms with van der Waals surface area (Å²) in [5, 5.41) is 18.7. The average Bonchev–Trinajstić information content (AvgIpc) is 3.05. The molecule has 0 atom stereocenters. The highest BCUT2D eigenvalue weighted by molar-refractivity contribution is 7.89. The molecule has 0 aliphatic heterocycles. The average molecular weight is 448 g/mol. The summed E-state index contributed by atoms with van der Waals surface area (Å²) >= 11 is 0. The van der Waals surface area contributed by atoms with Gasteiger partial charge in [-0.05, 0) is 50.2 Å². The van der Waals surface area contributed by atoms with Crippen molar-refractivity contribution < 1.29 is 17.9 Å². The SMILES string of the molecule is Cc1ccc(C)c(Cc2nc(CN(C)CCO)nn2-c2ccc(S(N)(=O)=O)cc2F)c1. The van der Waals surface area contributed by atoms with Crippen LogP contribution in [0.15, 0.2) is 41.3 Å². The molecule has 0 fully saturated rings. The van der Waals surface area contributed by atoms with Crippen molar-refractivity contribution in [2.75, 3.05) is 20.2 Å². The Morgan fingerprint density at radius 3 is 2.58 bits per heavy atom. The van der Waals surface area contributed by atoms with E-state index < -0.39 is 15.8 Å². The highest BCUT2D eigenvalue weighted by atomic mass is 32.2. The van der Waals surface area contributed by atoms with E-state index in [0.29, 0.717) is 31.2 Å². The topological polar surface area (TPSA) is 114 Å². The fraction of sp³-hybridized carbons (Fsp3) is 0.333. The number of aryl methyl sites for hydroxylation is 2. The second kappa shape index (κ2) is 9.23. The van der Waals surface area contributed by atoms with Crippen molar-refractivity contribution in [2.24, 2.45) is 5.14 Å². The molecule has 0 bridgehead atoms. The summed E-state index contributed by atoms with van der Waals surface area (Å²) in [5.41, 5.74) is 3.28. The van der Waals surface area contributed by atoms with Gasteiger partial charge in [-0.15, -0.1) is 5.10 Å². The Labute approximate surface area is 181 Å². The van der Waals surface area contributed by atoms with Crippen LogP contribution >= 0.6 is 0 Å². The molecule has 0 unspecified atom stereocenters. The summed E-state index contributed by atoms with van der Waals surface area (Å²) in [6.45, 7) is 4.79. The van der Waals surface area contributed by atoms with Crippen LogP contribution in [-0.2, 0) is 23.0 Å². The van der Waals surface area contributed by atoms with Crippen LogP contribution in [0.25, 0.3) is 5.69 Å². The summed E-state index contributed by atoms with van der Waals surface area (Å²) in [7, 11) is -2.20. The van der Waals surface area contributed by atoms with Gasteiger partial charge in [0, 0.05) is 13.0 Å². The summed E-state index contributed by atoms with van der Waals surface area (Å²) in [6, 6.07) is 9.54. The maximum atomic E-state index is 14.9. The van der Waals surface area contributed by atoms with E-state index in [4.69, 9.17) is 10.2 Å². The van der Waals surface area contributed by atoms with Gasteiger partial charge >= 0.3 is 0 Å². The van der Waals surface area contributed by atoms with Crippen LogP contribution in [0.2, 0.25) is 0 Å². The second-order valence-corrected chi connectivity index (χ2v) is 9.14. The number of nitrogens with zero attached hydrogens (tertiary/aromatic N) is 4. The van der Waals surface area contributed by atoms with Gasteiger partial charge in [0.05, 0.1) is 18.0 Å². The molecule has 1 aromatic heterocycles. The van der Waals surface area contributed by atoms with Gasteiger partial charge < -0.3 is 5.11 Å². The van der Waals surface area contributed by atoms with Crippen LogP contribution in [0.3, 0.4) is 0 Å². The molecule has 0 aliphatic rings. The molecule has 1 heterocycles. The van der Waals surface area contributed by atoms with Gasteiger partial charge in [0.2, 0.25) is 10.0 Å². The predicted octanol–water partition coefficient (Wildman–Crippen LogP) is 1.69. The van der Waals surface area contributed by atoms with Crippen LogP contribution < -0.4 is 5.14 Å². The van der Waals surface area contributed by atoms with Crippen LogP contribution in [0.4, 0.5) is 4.39 Å². The van der Waals surface area contributed by atoms with Crippen molar-refractivity contribution in [1.82, 2.24) is 19.7 Å². The summed E-state index contributed by atoms with van der Waals surface area (Å²) in [6.07, 6.45) is 0.417.